The molecule has 2 fully saturated rings. The minimum Gasteiger partial charge on any atom is -0.384 e. The standard InChI is InChI=1S/C18H23N9/c19-15-9-16(22-11-21-15)26-6-3-13(4-7-26)18-24-23-17(27(18)14-1-2-14)10-25-8-5-20-12-25/h5,8-9,11-14H,1-4,6-7,10H2,(H2,19,21,22). The van der Waals surface area contributed by atoms with Crippen molar-refractivity contribution in [2.75, 3.05) is 23.7 Å². The van der Waals surface area contributed by atoms with E-state index >= 15 is 0 Å². The summed E-state index contributed by atoms with van der Waals surface area (Å²) in [6.45, 7) is 2.60. The molecule has 1 saturated heterocycles. The fourth-order valence-corrected chi connectivity index (χ4v) is 3.90. The molecule has 0 unspecified atom stereocenters. The van der Waals surface area contributed by atoms with Crippen LogP contribution in [0.25, 0.3) is 0 Å². The average Bonchev–Trinajstić information content (AvgIpc) is 3.23. The number of nitrogen functional groups attached to an aromatic ring is 1. The van der Waals surface area contributed by atoms with Gasteiger partial charge in [-0.2, -0.15) is 0 Å². The van der Waals surface area contributed by atoms with Gasteiger partial charge in [0.25, 0.3) is 0 Å². The first-order chi connectivity index (χ1) is 13.3. The molecule has 0 aromatic carbocycles. The molecule has 0 spiro atoms. The van der Waals surface area contributed by atoms with E-state index in [1.807, 2.05) is 18.6 Å². The first-order valence-corrected chi connectivity index (χ1v) is 9.50. The highest BCUT2D eigenvalue weighted by Crippen LogP contribution is 2.40. The van der Waals surface area contributed by atoms with Gasteiger partial charge in [0.1, 0.15) is 23.8 Å². The molecule has 0 amide bonds. The Hall–Kier alpha value is -2.97. The molecule has 9 nitrogen and oxygen atoms in total. The number of piperidine rings is 1. The highest BCUT2D eigenvalue weighted by atomic mass is 15.3. The van der Waals surface area contributed by atoms with Gasteiger partial charge in [0.15, 0.2) is 5.82 Å². The molecule has 1 saturated carbocycles. The summed E-state index contributed by atoms with van der Waals surface area (Å²) in [5.41, 5.74) is 5.80. The van der Waals surface area contributed by atoms with Crippen LogP contribution in [0.2, 0.25) is 0 Å². The van der Waals surface area contributed by atoms with Crippen molar-refractivity contribution in [1.82, 2.24) is 34.3 Å². The van der Waals surface area contributed by atoms with E-state index in [2.05, 4.69) is 39.2 Å². The van der Waals surface area contributed by atoms with Crippen LogP contribution in [0.4, 0.5) is 11.6 Å². The van der Waals surface area contributed by atoms with Crippen LogP contribution in [-0.2, 0) is 6.54 Å². The molecule has 27 heavy (non-hydrogen) atoms. The molecule has 0 atom stereocenters. The van der Waals surface area contributed by atoms with Gasteiger partial charge in [-0.05, 0) is 25.7 Å². The summed E-state index contributed by atoms with van der Waals surface area (Å²) >= 11 is 0. The van der Waals surface area contributed by atoms with Crippen molar-refractivity contribution in [1.29, 1.82) is 0 Å². The quantitative estimate of drug-likeness (QED) is 0.732. The third kappa shape index (κ3) is 3.24. The topological polar surface area (TPSA) is 104 Å². The van der Waals surface area contributed by atoms with E-state index in [4.69, 9.17) is 5.73 Å². The van der Waals surface area contributed by atoms with Gasteiger partial charge in [-0.3, -0.25) is 0 Å². The van der Waals surface area contributed by atoms with E-state index in [0.29, 0.717) is 17.8 Å². The fourth-order valence-electron chi connectivity index (χ4n) is 3.90. The molecule has 0 radical (unpaired) electrons. The normalized spacial score (nSPS) is 18.1. The predicted molar refractivity (Wildman–Crippen MR) is 100 cm³/mol. The number of anilines is 2. The maximum absolute atomic E-state index is 5.80. The van der Waals surface area contributed by atoms with Gasteiger partial charge in [0.2, 0.25) is 0 Å². The smallest absolute Gasteiger partial charge is 0.153 e. The number of hydrogen-bond acceptors (Lipinski definition) is 7. The Labute approximate surface area is 157 Å². The van der Waals surface area contributed by atoms with Crippen molar-refractivity contribution in [3.8, 4) is 0 Å². The molecule has 0 bridgehead atoms. The zero-order valence-corrected chi connectivity index (χ0v) is 15.1. The van der Waals surface area contributed by atoms with Gasteiger partial charge >= 0.3 is 0 Å². The lowest BCUT2D eigenvalue weighted by molar-refractivity contribution is 0.459. The maximum atomic E-state index is 5.80. The number of nitrogens with zero attached hydrogens (tertiary/aromatic N) is 8. The number of imidazole rings is 1. The van der Waals surface area contributed by atoms with Gasteiger partial charge in [0, 0.05) is 43.5 Å². The summed E-state index contributed by atoms with van der Waals surface area (Å²) in [7, 11) is 0. The zero-order chi connectivity index (χ0) is 18.2. The second-order valence-electron chi connectivity index (χ2n) is 7.37. The molecule has 3 aromatic rings. The Morgan fingerprint density at radius 2 is 1.93 bits per heavy atom. The molecule has 9 heteroatoms. The molecule has 4 heterocycles. The van der Waals surface area contributed by atoms with Crippen LogP contribution in [0.5, 0.6) is 0 Å². The van der Waals surface area contributed by atoms with E-state index < -0.39 is 0 Å². The lowest BCUT2D eigenvalue weighted by atomic mass is 9.95. The van der Waals surface area contributed by atoms with Crippen molar-refractivity contribution in [3.63, 3.8) is 0 Å². The molecule has 1 aliphatic carbocycles. The molecule has 5 rings (SSSR count). The van der Waals surface area contributed by atoms with Crippen molar-refractivity contribution in [3.05, 3.63) is 42.8 Å². The van der Waals surface area contributed by atoms with Crippen molar-refractivity contribution in [2.45, 2.75) is 44.2 Å². The Balaban J connectivity index is 1.33. The minimum absolute atomic E-state index is 0.435. The van der Waals surface area contributed by atoms with Gasteiger partial charge in [-0.15, -0.1) is 10.2 Å². The average molecular weight is 365 g/mol. The first-order valence-electron chi connectivity index (χ1n) is 9.50. The van der Waals surface area contributed by atoms with Crippen LogP contribution in [-0.4, -0.2) is 47.4 Å². The Bertz CT molecular complexity index is 905. The largest absolute Gasteiger partial charge is 0.384 e. The molecule has 2 N–H and O–H groups in total. The highest BCUT2D eigenvalue weighted by Gasteiger charge is 2.33. The minimum atomic E-state index is 0.435. The number of hydrogen-bond donors (Lipinski definition) is 1. The summed E-state index contributed by atoms with van der Waals surface area (Å²) in [6.07, 6.45) is 11.7. The number of nitrogens with two attached hydrogens (primary N) is 1. The SMILES string of the molecule is Nc1cc(N2CCC(c3nnc(Cn4ccnc4)n3C3CC3)CC2)ncn1. The summed E-state index contributed by atoms with van der Waals surface area (Å²) in [4.78, 5) is 14.7. The van der Waals surface area contributed by atoms with Gasteiger partial charge in [-0.1, -0.05) is 0 Å². The van der Waals surface area contributed by atoms with Crippen LogP contribution >= 0.6 is 0 Å². The lowest BCUT2D eigenvalue weighted by Crippen LogP contribution is -2.34. The zero-order valence-electron chi connectivity index (χ0n) is 15.1. The summed E-state index contributed by atoms with van der Waals surface area (Å²) in [5, 5.41) is 9.14. The second-order valence-corrected chi connectivity index (χ2v) is 7.37. The van der Waals surface area contributed by atoms with Gasteiger partial charge in [0.05, 0.1) is 12.9 Å². The Kier molecular flexibility index (Phi) is 3.99. The predicted octanol–water partition coefficient (Wildman–Crippen LogP) is 1.61. The van der Waals surface area contributed by atoms with E-state index in [0.717, 1.165) is 49.9 Å². The van der Waals surface area contributed by atoms with Crippen molar-refractivity contribution >= 4 is 11.6 Å². The third-order valence-corrected chi connectivity index (χ3v) is 5.45. The van der Waals surface area contributed by atoms with Gasteiger partial charge in [-0.25, -0.2) is 15.0 Å². The maximum Gasteiger partial charge on any atom is 0.153 e. The molecule has 140 valence electrons. The number of aromatic nitrogens is 7. The summed E-state index contributed by atoms with van der Waals surface area (Å²) in [6, 6.07) is 2.41. The monoisotopic (exact) mass is 365 g/mol. The van der Waals surface area contributed by atoms with Crippen molar-refractivity contribution < 1.29 is 0 Å². The Morgan fingerprint density at radius 3 is 2.63 bits per heavy atom. The third-order valence-electron chi connectivity index (χ3n) is 5.45. The first kappa shape index (κ1) is 16.2. The van der Waals surface area contributed by atoms with Crippen LogP contribution in [0.1, 0.15) is 49.3 Å². The highest BCUT2D eigenvalue weighted by molar-refractivity contribution is 5.46. The molecule has 2 aliphatic rings. The summed E-state index contributed by atoms with van der Waals surface area (Å²) in [5.74, 6) is 4.04. The fraction of sp³-hybridized carbons (Fsp3) is 0.500. The van der Waals surface area contributed by atoms with E-state index in [1.165, 1.54) is 19.2 Å². The molecular formula is C18H23N9. The summed E-state index contributed by atoms with van der Waals surface area (Å²) < 4.78 is 4.44. The van der Waals surface area contributed by atoms with Crippen LogP contribution in [0, 0.1) is 0 Å². The van der Waals surface area contributed by atoms with Crippen LogP contribution in [0.3, 0.4) is 0 Å². The van der Waals surface area contributed by atoms with E-state index in [9.17, 15) is 0 Å². The van der Waals surface area contributed by atoms with E-state index in [1.54, 1.807) is 6.20 Å². The van der Waals surface area contributed by atoms with Gasteiger partial charge < -0.3 is 19.8 Å². The molecule has 3 aromatic heterocycles. The Morgan fingerprint density at radius 1 is 1.07 bits per heavy atom. The molecular weight excluding hydrogens is 342 g/mol. The molecule has 1 aliphatic heterocycles. The number of rotatable bonds is 5. The van der Waals surface area contributed by atoms with Crippen molar-refractivity contribution in [2.24, 2.45) is 0 Å². The van der Waals surface area contributed by atoms with Crippen LogP contribution in [0.15, 0.2) is 31.1 Å². The lowest BCUT2D eigenvalue weighted by Gasteiger charge is -2.32. The van der Waals surface area contributed by atoms with E-state index in [-0.39, 0.29) is 0 Å². The second kappa shape index (κ2) is 6.64. The van der Waals surface area contributed by atoms with Crippen LogP contribution < -0.4 is 10.6 Å².